The summed E-state index contributed by atoms with van der Waals surface area (Å²) in [5.41, 5.74) is 0. The molecular formula is C16H34N4O. The van der Waals surface area contributed by atoms with Gasteiger partial charge in [-0.2, -0.15) is 0 Å². The molecule has 0 bridgehead atoms. The van der Waals surface area contributed by atoms with E-state index in [9.17, 15) is 4.79 Å². The van der Waals surface area contributed by atoms with Crippen molar-refractivity contribution >= 4 is 11.9 Å². The van der Waals surface area contributed by atoms with E-state index < -0.39 is 0 Å². The molecule has 0 atom stereocenters. The summed E-state index contributed by atoms with van der Waals surface area (Å²) in [6.45, 7) is 12.2. The van der Waals surface area contributed by atoms with Crippen LogP contribution in [0.15, 0.2) is 4.99 Å². The summed E-state index contributed by atoms with van der Waals surface area (Å²) in [5.74, 6) is 1.02. The summed E-state index contributed by atoms with van der Waals surface area (Å²) in [6, 6.07) is 0. The second-order valence-electron chi connectivity index (χ2n) is 5.06. The van der Waals surface area contributed by atoms with Gasteiger partial charge in [-0.1, -0.05) is 26.2 Å². The number of hydrogen-bond donors (Lipinski definition) is 2. The molecule has 1 amide bonds. The summed E-state index contributed by atoms with van der Waals surface area (Å²) >= 11 is 0. The smallest absolute Gasteiger partial charge is 0.224 e. The van der Waals surface area contributed by atoms with Crippen LogP contribution in [0.25, 0.3) is 0 Å². The predicted octanol–water partition coefficient (Wildman–Crippen LogP) is 2.38. The molecule has 0 aliphatic heterocycles. The van der Waals surface area contributed by atoms with Crippen molar-refractivity contribution in [2.75, 3.05) is 32.7 Å². The van der Waals surface area contributed by atoms with Gasteiger partial charge < -0.3 is 15.5 Å². The minimum atomic E-state index is 0.200. The second kappa shape index (κ2) is 13.7. The molecule has 0 spiro atoms. The van der Waals surface area contributed by atoms with Crippen molar-refractivity contribution in [3.63, 3.8) is 0 Å². The number of guanidine groups is 1. The van der Waals surface area contributed by atoms with Crippen LogP contribution in [0.4, 0.5) is 0 Å². The van der Waals surface area contributed by atoms with Gasteiger partial charge in [0, 0.05) is 39.1 Å². The molecule has 0 fully saturated rings. The predicted molar refractivity (Wildman–Crippen MR) is 90.7 cm³/mol. The topological polar surface area (TPSA) is 56.7 Å². The van der Waals surface area contributed by atoms with E-state index in [1.54, 1.807) is 0 Å². The van der Waals surface area contributed by atoms with E-state index in [4.69, 9.17) is 0 Å². The Balaban J connectivity index is 4.02. The number of nitrogens with one attached hydrogen (secondary N) is 2. The maximum atomic E-state index is 11.9. The van der Waals surface area contributed by atoms with Crippen LogP contribution in [0.3, 0.4) is 0 Å². The quantitative estimate of drug-likeness (QED) is 0.350. The average Bonchev–Trinajstić information content (AvgIpc) is 2.48. The summed E-state index contributed by atoms with van der Waals surface area (Å²) in [4.78, 5) is 18.3. The molecule has 0 radical (unpaired) electrons. The number of unbranched alkanes of at least 4 members (excludes halogenated alkanes) is 3. The molecule has 0 aliphatic carbocycles. The van der Waals surface area contributed by atoms with Crippen molar-refractivity contribution in [3.05, 3.63) is 0 Å². The lowest BCUT2D eigenvalue weighted by Crippen LogP contribution is -2.40. The number of rotatable bonds is 11. The van der Waals surface area contributed by atoms with E-state index in [1.165, 1.54) is 19.3 Å². The van der Waals surface area contributed by atoms with Gasteiger partial charge in [-0.25, -0.2) is 0 Å². The van der Waals surface area contributed by atoms with E-state index in [2.05, 4.69) is 29.5 Å². The van der Waals surface area contributed by atoms with Gasteiger partial charge in [-0.15, -0.1) is 0 Å². The molecule has 0 saturated heterocycles. The Bertz CT molecular complexity index is 288. The van der Waals surface area contributed by atoms with E-state index >= 15 is 0 Å². The SMILES string of the molecule is CCCCCCN=C(NCC)NCCC(=O)N(CC)CC. The molecule has 2 N–H and O–H groups in total. The van der Waals surface area contributed by atoms with E-state index in [0.717, 1.165) is 38.6 Å². The third-order valence-corrected chi connectivity index (χ3v) is 3.37. The zero-order chi connectivity index (χ0) is 15.9. The van der Waals surface area contributed by atoms with Gasteiger partial charge in [-0.3, -0.25) is 9.79 Å². The largest absolute Gasteiger partial charge is 0.357 e. The molecule has 0 aromatic carbocycles. The fraction of sp³-hybridized carbons (Fsp3) is 0.875. The summed E-state index contributed by atoms with van der Waals surface area (Å²) in [6.07, 6.45) is 5.40. The molecule has 0 aromatic heterocycles. The van der Waals surface area contributed by atoms with E-state index in [0.29, 0.717) is 13.0 Å². The van der Waals surface area contributed by atoms with Crippen molar-refractivity contribution in [3.8, 4) is 0 Å². The minimum Gasteiger partial charge on any atom is -0.357 e. The van der Waals surface area contributed by atoms with Crippen LogP contribution in [0.5, 0.6) is 0 Å². The monoisotopic (exact) mass is 298 g/mol. The van der Waals surface area contributed by atoms with E-state index in [1.807, 2.05) is 18.7 Å². The molecular weight excluding hydrogens is 264 g/mol. The first kappa shape index (κ1) is 19.7. The molecule has 0 rings (SSSR count). The Morgan fingerprint density at radius 1 is 1.00 bits per heavy atom. The first-order valence-corrected chi connectivity index (χ1v) is 8.49. The molecule has 0 saturated carbocycles. The van der Waals surface area contributed by atoms with Crippen LogP contribution in [0.1, 0.15) is 59.8 Å². The first-order chi connectivity index (χ1) is 10.2. The lowest BCUT2D eigenvalue weighted by molar-refractivity contribution is -0.130. The molecule has 0 unspecified atom stereocenters. The molecule has 124 valence electrons. The van der Waals surface area contributed by atoms with Gasteiger partial charge in [0.15, 0.2) is 5.96 Å². The summed E-state index contributed by atoms with van der Waals surface area (Å²) in [7, 11) is 0. The fourth-order valence-corrected chi connectivity index (χ4v) is 2.09. The van der Waals surface area contributed by atoms with Crippen LogP contribution in [0, 0.1) is 0 Å². The highest BCUT2D eigenvalue weighted by molar-refractivity contribution is 5.81. The lowest BCUT2D eigenvalue weighted by Gasteiger charge is -2.19. The molecule has 21 heavy (non-hydrogen) atoms. The normalized spacial score (nSPS) is 11.3. The number of aliphatic imine (C=N–C) groups is 1. The third-order valence-electron chi connectivity index (χ3n) is 3.37. The van der Waals surface area contributed by atoms with Crippen molar-refractivity contribution in [1.29, 1.82) is 0 Å². The van der Waals surface area contributed by atoms with Crippen molar-refractivity contribution < 1.29 is 4.79 Å². The number of amides is 1. The number of hydrogen-bond acceptors (Lipinski definition) is 2. The number of carbonyl (C=O) groups is 1. The minimum absolute atomic E-state index is 0.200. The Morgan fingerprint density at radius 3 is 2.29 bits per heavy atom. The Kier molecular flexibility index (Phi) is 12.9. The first-order valence-electron chi connectivity index (χ1n) is 8.49. The van der Waals surface area contributed by atoms with Crippen LogP contribution in [-0.4, -0.2) is 49.5 Å². The van der Waals surface area contributed by atoms with Gasteiger partial charge in [0.25, 0.3) is 0 Å². The van der Waals surface area contributed by atoms with Crippen LogP contribution < -0.4 is 10.6 Å². The van der Waals surface area contributed by atoms with Gasteiger partial charge in [0.2, 0.25) is 5.91 Å². The Morgan fingerprint density at radius 2 is 1.71 bits per heavy atom. The van der Waals surface area contributed by atoms with Crippen molar-refractivity contribution in [1.82, 2.24) is 15.5 Å². The van der Waals surface area contributed by atoms with Gasteiger partial charge >= 0.3 is 0 Å². The summed E-state index contributed by atoms with van der Waals surface area (Å²) in [5, 5.41) is 6.46. The van der Waals surface area contributed by atoms with E-state index in [-0.39, 0.29) is 5.91 Å². The second-order valence-corrected chi connectivity index (χ2v) is 5.06. The third kappa shape index (κ3) is 10.2. The highest BCUT2D eigenvalue weighted by atomic mass is 16.2. The van der Waals surface area contributed by atoms with Crippen LogP contribution >= 0.6 is 0 Å². The Labute approximate surface area is 130 Å². The molecule has 5 nitrogen and oxygen atoms in total. The van der Waals surface area contributed by atoms with Gasteiger partial charge in [-0.05, 0) is 27.2 Å². The number of nitrogens with zero attached hydrogens (tertiary/aromatic N) is 2. The van der Waals surface area contributed by atoms with Crippen molar-refractivity contribution in [2.24, 2.45) is 4.99 Å². The van der Waals surface area contributed by atoms with Crippen LogP contribution in [0.2, 0.25) is 0 Å². The van der Waals surface area contributed by atoms with Gasteiger partial charge in [0.05, 0.1) is 0 Å². The van der Waals surface area contributed by atoms with Crippen LogP contribution in [-0.2, 0) is 4.79 Å². The molecule has 5 heteroatoms. The summed E-state index contributed by atoms with van der Waals surface area (Å²) < 4.78 is 0. The number of carbonyl (C=O) groups excluding carboxylic acids is 1. The maximum Gasteiger partial charge on any atom is 0.224 e. The zero-order valence-corrected chi connectivity index (χ0v) is 14.4. The lowest BCUT2D eigenvalue weighted by atomic mass is 10.2. The molecule has 0 aromatic rings. The highest BCUT2D eigenvalue weighted by Crippen LogP contribution is 1.98. The average molecular weight is 298 g/mol. The standard InChI is InChI=1S/C16H34N4O/c1-5-9-10-11-13-18-16(17-6-2)19-14-12-15(21)20(7-3)8-4/h5-14H2,1-4H3,(H2,17,18,19). The van der Waals surface area contributed by atoms with Crippen molar-refractivity contribution in [2.45, 2.75) is 59.8 Å². The Hall–Kier alpha value is -1.26. The maximum absolute atomic E-state index is 11.9. The molecule has 0 aliphatic rings. The van der Waals surface area contributed by atoms with Gasteiger partial charge in [0.1, 0.15) is 0 Å². The molecule has 0 heterocycles. The zero-order valence-electron chi connectivity index (χ0n) is 14.4. The fourth-order valence-electron chi connectivity index (χ4n) is 2.09. The highest BCUT2D eigenvalue weighted by Gasteiger charge is 2.08.